The SMILES string of the molecule is CCOC(=O)C1=C(C)N2CCS[C@@]2(C)[C@H](C(=O)OC)[C@H]1c1cccc(Cl)c1. The van der Waals surface area contributed by atoms with Crippen LogP contribution in [0, 0.1) is 5.92 Å². The summed E-state index contributed by atoms with van der Waals surface area (Å²) in [4.78, 5) is 27.5. The van der Waals surface area contributed by atoms with Crippen LogP contribution in [0.3, 0.4) is 0 Å². The molecule has 7 heteroatoms. The Bertz CT molecular complexity index is 796. The van der Waals surface area contributed by atoms with Gasteiger partial charge in [-0.2, -0.15) is 0 Å². The van der Waals surface area contributed by atoms with Gasteiger partial charge in [-0.15, -0.1) is 11.8 Å². The molecule has 0 amide bonds. The molecule has 0 aromatic heterocycles. The summed E-state index contributed by atoms with van der Waals surface area (Å²) in [6.45, 7) is 6.80. The van der Waals surface area contributed by atoms with Crippen molar-refractivity contribution in [3.63, 3.8) is 0 Å². The molecule has 0 unspecified atom stereocenters. The van der Waals surface area contributed by atoms with Crippen LogP contribution in [0.4, 0.5) is 0 Å². The zero-order valence-electron chi connectivity index (χ0n) is 16.0. The van der Waals surface area contributed by atoms with E-state index in [1.165, 1.54) is 7.11 Å². The summed E-state index contributed by atoms with van der Waals surface area (Å²) in [5, 5.41) is 0.559. The van der Waals surface area contributed by atoms with Crippen LogP contribution in [0.2, 0.25) is 5.02 Å². The number of rotatable bonds is 4. The van der Waals surface area contributed by atoms with E-state index in [2.05, 4.69) is 11.8 Å². The molecule has 3 atom stereocenters. The molecule has 2 aliphatic rings. The summed E-state index contributed by atoms with van der Waals surface area (Å²) >= 11 is 7.95. The van der Waals surface area contributed by atoms with Crippen molar-refractivity contribution in [1.82, 2.24) is 4.90 Å². The van der Waals surface area contributed by atoms with Gasteiger partial charge in [0.2, 0.25) is 0 Å². The van der Waals surface area contributed by atoms with Crippen molar-refractivity contribution in [3.8, 4) is 0 Å². The van der Waals surface area contributed by atoms with E-state index in [9.17, 15) is 9.59 Å². The minimum atomic E-state index is -0.559. The van der Waals surface area contributed by atoms with Gasteiger partial charge in [-0.25, -0.2) is 4.79 Å². The van der Waals surface area contributed by atoms with Crippen LogP contribution in [-0.2, 0) is 19.1 Å². The van der Waals surface area contributed by atoms with Gasteiger partial charge in [0.1, 0.15) is 5.92 Å². The zero-order chi connectivity index (χ0) is 19.8. The van der Waals surface area contributed by atoms with Crippen LogP contribution in [0.1, 0.15) is 32.3 Å². The Balaban J connectivity index is 2.26. The van der Waals surface area contributed by atoms with Gasteiger partial charge in [-0.1, -0.05) is 23.7 Å². The average Bonchev–Trinajstić information content (AvgIpc) is 3.03. The molecule has 146 valence electrons. The van der Waals surface area contributed by atoms with Crippen molar-refractivity contribution in [1.29, 1.82) is 0 Å². The second kappa shape index (κ2) is 7.76. The van der Waals surface area contributed by atoms with Crippen LogP contribution >= 0.6 is 23.4 Å². The monoisotopic (exact) mass is 409 g/mol. The molecule has 1 aromatic carbocycles. The summed E-state index contributed by atoms with van der Waals surface area (Å²) < 4.78 is 10.5. The minimum Gasteiger partial charge on any atom is -0.469 e. The average molecular weight is 410 g/mol. The predicted molar refractivity (Wildman–Crippen MR) is 107 cm³/mol. The van der Waals surface area contributed by atoms with E-state index in [1.54, 1.807) is 24.8 Å². The molecule has 0 saturated carbocycles. The summed E-state index contributed by atoms with van der Waals surface area (Å²) in [7, 11) is 1.39. The van der Waals surface area contributed by atoms with E-state index < -0.39 is 22.7 Å². The standard InChI is InChI=1S/C20H24ClNO4S/c1-5-26-18(23)15-12(2)22-9-10-27-20(22,3)17(19(24)25-4)16(15)13-7-6-8-14(21)11-13/h6-8,11,16-17H,5,9-10H2,1-4H3/t16-,17-,20-/m0/s1. The number of carbonyl (C=O) groups excluding carboxylic acids is 2. The highest BCUT2D eigenvalue weighted by Crippen LogP contribution is 2.55. The van der Waals surface area contributed by atoms with Gasteiger partial charge >= 0.3 is 11.9 Å². The number of allylic oxidation sites excluding steroid dienone is 1. The van der Waals surface area contributed by atoms with Crippen molar-refractivity contribution >= 4 is 35.3 Å². The first-order valence-corrected chi connectivity index (χ1v) is 10.3. The Morgan fingerprint density at radius 3 is 2.78 bits per heavy atom. The van der Waals surface area contributed by atoms with Gasteiger partial charge in [0.25, 0.3) is 0 Å². The lowest BCUT2D eigenvalue weighted by atomic mass is 9.72. The second-order valence-corrected chi connectivity index (χ2v) is 8.77. The third-order valence-corrected chi connectivity index (χ3v) is 7.10. The number of esters is 2. The first-order chi connectivity index (χ1) is 12.8. The molecule has 1 aromatic rings. The fraction of sp³-hybridized carbons (Fsp3) is 0.500. The van der Waals surface area contributed by atoms with E-state index in [0.717, 1.165) is 23.6 Å². The van der Waals surface area contributed by atoms with Gasteiger partial charge in [0, 0.05) is 28.9 Å². The minimum absolute atomic E-state index is 0.271. The fourth-order valence-corrected chi connectivity index (χ4v) is 5.95. The van der Waals surface area contributed by atoms with Crippen LogP contribution in [0.15, 0.2) is 35.5 Å². The lowest BCUT2D eigenvalue weighted by Crippen LogP contribution is -2.55. The third-order valence-electron chi connectivity index (χ3n) is 5.42. The number of thioether (sulfide) groups is 1. The number of carbonyl (C=O) groups is 2. The van der Waals surface area contributed by atoms with E-state index in [1.807, 2.05) is 25.1 Å². The predicted octanol–water partition coefficient (Wildman–Crippen LogP) is 3.83. The lowest BCUT2D eigenvalue weighted by molar-refractivity contribution is -0.150. The summed E-state index contributed by atoms with van der Waals surface area (Å²) in [6, 6.07) is 7.32. The van der Waals surface area contributed by atoms with Crippen molar-refractivity contribution in [2.24, 2.45) is 5.92 Å². The third kappa shape index (κ3) is 3.34. The highest BCUT2D eigenvalue weighted by molar-refractivity contribution is 8.00. The highest BCUT2D eigenvalue weighted by Gasteiger charge is 2.57. The summed E-state index contributed by atoms with van der Waals surface area (Å²) in [6.07, 6.45) is 0. The van der Waals surface area contributed by atoms with Crippen molar-refractivity contribution in [2.75, 3.05) is 26.0 Å². The van der Waals surface area contributed by atoms with Crippen LogP contribution in [-0.4, -0.2) is 47.7 Å². The maximum Gasteiger partial charge on any atom is 0.336 e. The largest absolute Gasteiger partial charge is 0.469 e. The Morgan fingerprint density at radius 1 is 1.41 bits per heavy atom. The van der Waals surface area contributed by atoms with Crippen molar-refractivity contribution in [2.45, 2.75) is 31.6 Å². The number of methoxy groups -OCH3 is 1. The van der Waals surface area contributed by atoms with E-state index in [0.29, 0.717) is 10.6 Å². The van der Waals surface area contributed by atoms with Gasteiger partial charge < -0.3 is 14.4 Å². The lowest BCUT2D eigenvalue weighted by Gasteiger charge is -2.49. The molecule has 1 saturated heterocycles. The van der Waals surface area contributed by atoms with Gasteiger partial charge in [-0.3, -0.25) is 4.79 Å². The number of benzene rings is 1. The summed E-state index contributed by atoms with van der Waals surface area (Å²) in [5.41, 5.74) is 2.18. The first kappa shape index (κ1) is 20.1. The second-order valence-electron chi connectivity index (χ2n) is 6.81. The molecule has 27 heavy (non-hydrogen) atoms. The Kier molecular flexibility index (Phi) is 5.77. The van der Waals surface area contributed by atoms with Crippen LogP contribution in [0.5, 0.6) is 0 Å². The maximum absolute atomic E-state index is 12.9. The number of halogens is 1. The quantitative estimate of drug-likeness (QED) is 0.704. The molecule has 2 aliphatic heterocycles. The smallest absolute Gasteiger partial charge is 0.336 e. The molecule has 0 radical (unpaired) electrons. The van der Waals surface area contributed by atoms with Crippen molar-refractivity contribution in [3.05, 3.63) is 46.1 Å². The van der Waals surface area contributed by atoms with E-state index in [-0.39, 0.29) is 12.6 Å². The zero-order valence-corrected chi connectivity index (χ0v) is 17.5. The number of hydrogen-bond acceptors (Lipinski definition) is 6. The Morgan fingerprint density at radius 2 is 2.15 bits per heavy atom. The molecular weight excluding hydrogens is 386 g/mol. The number of fused-ring (bicyclic) bond motifs is 1. The molecule has 0 N–H and O–H groups in total. The van der Waals surface area contributed by atoms with Gasteiger partial charge in [-0.05, 0) is 38.5 Å². The molecule has 0 spiro atoms. The molecule has 0 aliphatic carbocycles. The van der Waals surface area contributed by atoms with Gasteiger partial charge in [0.15, 0.2) is 0 Å². The van der Waals surface area contributed by atoms with E-state index in [4.69, 9.17) is 21.1 Å². The molecule has 0 bridgehead atoms. The highest BCUT2D eigenvalue weighted by atomic mass is 35.5. The number of nitrogens with zero attached hydrogens (tertiary/aromatic N) is 1. The normalized spacial score (nSPS) is 27.4. The maximum atomic E-state index is 12.9. The first-order valence-electron chi connectivity index (χ1n) is 8.98. The number of hydrogen-bond donors (Lipinski definition) is 0. The molecule has 1 fully saturated rings. The molecule has 3 rings (SSSR count). The molecule has 5 nitrogen and oxygen atoms in total. The van der Waals surface area contributed by atoms with Crippen LogP contribution in [0.25, 0.3) is 0 Å². The summed E-state index contributed by atoms with van der Waals surface area (Å²) in [5.74, 6) is -0.901. The number of ether oxygens (including phenoxy) is 2. The van der Waals surface area contributed by atoms with Crippen LogP contribution < -0.4 is 0 Å². The van der Waals surface area contributed by atoms with Gasteiger partial charge in [0.05, 0.1) is 24.2 Å². The van der Waals surface area contributed by atoms with Crippen molar-refractivity contribution < 1.29 is 19.1 Å². The Hall–Kier alpha value is -1.66. The molecular formula is C20H24ClNO4S. The Labute approximate surface area is 169 Å². The topological polar surface area (TPSA) is 55.8 Å². The fourth-order valence-electron chi connectivity index (χ4n) is 4.27. The molecule has 2 heterocycles. The van der Waals surface area contributed by atoms with E-state index >= 15 is 0 Å².